The molecule has 0 spiro atoms. The molecule has 0 unspecified atom stereocenters. The summed E-state index contributed by atoms with van der Waals surface area (Å²) in [6.45, 7) is 1.68. The van der Waals surface area contributed by atoms with Crippen molar-refractivity contribution < 1.29 is 14.0 Å². The predicted molar refractivity (Wildman–Crippen MR) is 102 cm³/mol. The van der Waals surface area contributed by atoms with Gasteiger partial charge in [0, 0.05) is 5.69 Å². The van der Waals surface area contributed by atoms with E-state index in [2.05, 4.69) is 10.6 Å². The summed E-state index contributed by atoms with van der Waals surface area (Å²) in [6.07, 6.45) is 0. The van der Waals surface area contributed by atoms with Crippen LogP contribution in [0.25, 0.3) is 0 Å². The van der Waals surface area contributed by atoms with Gasteiger partial charge in [0.25, 0.3) is 0 Å². The van der Waals surface area contributed by atoms with E-state index in [0.29, 0.717) is 21.4 Å². The van der Waals surface area contributed by atoms with Gasteiger partial charge >= 0.3 is 0 Å². The molecule has 0 aromatic heterocycles. The molecule has 8 heteroatoms. The quantitative estimate of drug-likeness (QED) is 0.775. The summed E-state index contributed by atoms with van der Waals surface area (Å²) in [5.74, 6) is -1.16. The number of hydrogen-bond donors (Lipinski definition) is 2. The van der Waals surface area contributed by atoms with Gasteiger partial charge in [-0.3, -0.25) is 14.5 Å². The maximum absolute atomic E-state index is 13.3. The number of carbonyl (C=O) groups excluding carboxylic acids is 2. The first-order chi connectivity index (χ1) is 12.3. The molecule has 0 aliphatic carbocycles. The number of para-hydroxylation sites is 1. The van der Waals surface area contributed by atoms with Crippen LogP contribution in [-0.4, -0.2) is 36.9 Å². The lowest BCUT2D eigenvalue weighted by molar-refractivity contribution is -0.119. The van der Waals surface area contributed by atoms with Crippen molar-refractivity contribution in [3.05, 3.63) is 57.8 Å². The Labute approximate surface area is 161 Å². The van der Waals surface area contributed by atoms with Gasteiger partial charge in [-0.05, 0) is 43.8 Å². The summed E-state index contributed by atoms with van der Waals surface area (Å²) in [5.41, 5.74) is 1.47. The Bertz CT molecular complexity index is 810. The van der Waals surface area contributed by atoms with Crippen molar-refractivity contribution in [3.8, 4) is 0 Å². The normalized spacial score (nSPS) is 10.7. The monoisotopic (exact) mass is 397 g/mol. The Balaban J connectivity index is 1.89. The average Bonchev–Trinajstić information content (AvgIpc) is 2.54. The Hall–Kier alpha value is -2.15. The van der Waals surface area contributed by atoms with E-state index in [-0.39, 0.29) is 24.9 Å². The third kappa shape index (κ3) is 5.69. The highest BCUT2D eigenvalue weighted by Crippen LogP contribution is 2.29. The number of nitrogens with one attached hydrogen (secondary N) is 2. The Kier molecular flexibility index (Phi) is 6.97. The van der Waals surface area contributed by atoms with Crippen LogP contribution >= 0.6 is 23.2 Å². The van der Waals surface area contributed by atoms with Crippen LogP contribution in [0.2, 0.25) is 10.0 Å². The van der Waals surface area contributed by atoms with Crippen LogP contribution in [-0.2, 0) is 9.59 Å². The van der Waals surface area contributed by atoms with E-state index in [1.54, 1.807) is 38.2 Å². The molecule has 2 amide bonds. The van der Waals surface area contributed by atoms with Gasteiger partial charge in [0.15, 0.2) is 0 Å². The molecule has 0 aliphatic rings. The number of rotatable bonds is 6. The van der Waals surface area contributed by atoms with Crippen LogP contribution in [0.5, 0.6) is 0 Å². The smallest absolute Gasteiger partial charge is 0.238 e. The van der Waals surface area contributed by atoms with Gasteiger partial charge in [-0.2, -0.15) is 0 Å². The van der Waals surface area contributed by atoms with Gasteiger partial charge in [-0.15, -0.1) is 0 Å². The second kappa shape index (κ2) is 8.98. The minimum Gasteiger partial charge on any atom is -0.325 e. The Morgan fingerprint density at radius 1 is 1.04 bits per heavy atom. The number of likely N-dealkylation sites (N-methyl/N-ethyl adjacent to an activating group) is 1. The number of aryl methyl sites for hydroxylation is 1. The minimum atomic E-state index is -0.435. The molecular weight excluding hydrogens is 380 g/mol. The lowest BCUT2D eigenvalue weighted by atomic mass is 10.2. The molecule has 2 N–H and O–H groups in total. The van der Waals surface area contributed by atoms with Crippen molar-refractivity contribution in [2.45, 2.75) is 6.92 Å². The maximum atomic E-state index is 13.3. The van der Waals surface area contributed by atoms with E-state index >= 15 is 0 Å². The van der Waals surface area contributed by atoms with E-state index in [1.165, 1.54) is 17.0 Å². The van der Waals surface area contributed by atoms with Crippen molar-refractivity contribution in [3.63, 3.8) is 0 Å². The van der Waals surface area contributed by atoms with E-state index in [9.17, 15) is 14.0 Å². The van der Waals surface area contributed by atoms with Crippen LogP contribution < -0.4 is 10.6 Å². The molecule has 2 rings (SSSR count). The average molecular weight is 398 g/mol. The van der Waals surface area contributed by atoms with Gasteiger partial charge in [0.2, 0.25) is 11.8 Å². The number of amides is 2. The zero-order valence-electron chi connectivity index (χ0n) is 14.3. The number of nitrogens with zero attached hydrogens (tertiary/aromatic N) is 1. The molecule has 0 bridgehead atoms. The summed E-state index contributed by atoms with van der Waals surface area (Å²) in [5, 5.41) is 5.91. The third-order valence-corrected chi connectivity index (χ3v) is 4.16. The SMILES string of the molecule is Cc1ccc(F)cc1NC(=O)CN(C)CC(=O)Nc1c(Cl)cccc1Cl. The molecule has 0 radical (unpaired) electrons. The van der Waals surface area contributed by atoms with E-state index in [4.69, 9.17) is 23.2 Å². The molecule has 0 heterocycles. The topological polar surface area (TPSA) is 61.4 Å². The van der Waals surface area contributed by atoms with Crippen molar-refractivity contribution in [1.82, 2.24) is 4.90 Å². The van der Waals surface area contributed by atoms with Crippen molar-refractivity contribution in [2.24, 2.45) is 0 Å². The van der Waals surface area contributed by atoms with Crippen LogP contribution in [0.4, 0.5) is 15.8 Å². The standard InChI is InChI=1S/C18H18Cl2FN3O2/c1-11-6-7-12(21)8-15(11)22-16(25)9-24(2)10-17(26)23-18-13(19)4-3-5-14(18)20/h3-8H,9-10H2,1-2H3,(H,22,25)(H,23,26). The third-order valence-electron chi connectivity index (χ3n) is 3.53. The van der Waals surface area contributed by atoms with E-state index < -0.39 is 5.82 Å². The highest BCUT2D eigenvalue weighted by molar-refractivity contribution is 6.39. The van der Waals surface area contributed by atoms with Gasteiger partial charge in [-0.25, -0.2) is 4.39 Å². The van der Waals surface area contributed by atoms with Crippen LogP contribution in [0.3, 0.4) is 0 Å². The largest absolute Gasteiger partial charge is 0.325 e. The number of benzene rings is 2. The fourth-order valence-electron chi connectivity index (χ4n) is 2.26. The fraction of sp³-hybridized carbons (Fsp3) is 0.222. The summed E-state index contributed by atoms with van der Waals surface area (Å²) in [7, 11) is 1.62. The molecule has 0 aliphatic heterocycles. The van der Waals surface area contributed by atoms with Gasteiger partial charge in [0.1, 0.15) is 5.82 Å². The lowest BCUT2D eigenvalue weighted by Crippen LogP contribution is -2.36. The second-order valence-corrected chi connectivity index (χ2v) is 6.64. The Morgan fingerprint density at radius 2 is 1.62 bits per heavy atom. The molecule has 0 fully saturated rings. The molecular formula is C18H18Cl2FN3O2. The highest BCUT2D eigenvalue weighted by Gasteiger charge is 2.14. The van der Waals surface area contributed by atoms with Crippen molar-refractivity contribution in [1.29, 1.82) is 0 Å². The zero-order chi connectivity index (χ0) is 19.3. The fourth-order valence-corrected chi connectivity index (χ4v) is 2.75. The minimum absolute atomic E-state index is 0.0420. The zero-order valence-corrected chi connectivity index (χ0v) is 15.8. The van der Waals surface area contributed by atoms with Gasteiger partial charge < -0.3 is 10.6 Å². The highest BCUT2D eigenvalue weighted by atomic mass is 35.5. The number of carbonyl (C=O) groups is 2. The van der Waals surface area contributed by atoms with Crippen molar-refractivity contribution >= 4 is 46.4 Å². The number of halogens is 3. The molecule has 0 atom stereocenters. The lowest BCUT2D eigenvalue weighted by Gasteiger charge is -2.17. The summed E-state index contributed by atoms with van der Waals surface area (Å²) in [4.78, 5) is 25.7. The van der Waals surface area contributed by atoms with Crippen LogP contribution in [0.15, 0.2) is 36.4 Å². The molecule has 138 valence electrons. The van der Waals surface area contributed by atoms with Gasteiger partial charge in [-0.1, -0.05) is 35.3 Å². The maximum Gasteiger partial charge on any atom is 0.238 e. The van der Waals surface area contributed by atoms with Crippen LogP contribution in [0.1, 0.15) is 5.56 Å². The van der Waals surface area contributed by atoms with E-state index in [1.807, 2.05) is 0 Å². The van der Waals surface area contributed by atoms with Crippen LogP contribution in [0, 0.1) is 12.7 Å². The molecule has 0 saturated heterocycles. The number of hydrogen-bond acceptors (Lipinski definition) is 3. The van der Waals surface area contributed by atoms with E-state index in [0.717, 1.165) is 5.56 Å². The molecule has 2 aromatic rings. The first-order valence-electron chi connectivity index (χ1n) is 7.74. The molecule has 5 nitrogen and oxygen atoms in total. The van der Waals surface area contributed by atoms with Gasteiger partial charge in [0.05, 0.1) is 28.8 Å². The first kappa shape index (κ1) is 20.2. The molecule has 26 heavy (non-hydrogen) atoms. The Morgan fingerprint density at radius 3 is 2.23 bits per heavy atom. The summed E-state index contributed by atoms with van der Waals surface area (Å²) in [6, 6.07) is 9.05. The number of anilines is 2. The second-order valence-electron chi connectivity index (χ2n) is 5.82. The molecule has 2 aromatic carbocycles. The summed E-state index contributed by atoms with van der Waals surface area (Å²) >= 11 is 12.0. The first-order valence-corrected chi connectivity index (χ1v) is 8.50. The summed E-state index contributed by atoms with van der Waals surface area (Å²) < 4.78 is 13.3. The van der Waals surface area contributed by atoms with Crippen molar-refractivity contribution in [2.75, 3.05) is 30.8 Å². The molecule has 0 saturated carbocycles. The predicted octanol–water partition coefficient (Wildman–Crippen LogP) is 3.95.